The van der Waals surface area contributed by atoms with E-state index in [1.165, 1.54) is 24.6 Å². The van der Waals surface area contributed by atoms with E-state index >= 15 is 0 Å². The predicted octanol–water partition coefficient (Wildman–Crippen LogP) is 3.32. The third kappa shape index (κ3) is 16.6. The number of allylic oxidation sites excluding steroid dienone is 3. The maximum absolute atomic E-state index is 10.9. The Hall–Kier alpha value is -1.99. The van der Waals surface area contributed by atoms with E-state index in [0.29, 0.717) is 25.7 Å². The van der Waals surface area contributed by atoms with Crippen molar-refractivity contribution < 1.29 is 19.8 Å². The first-order valence-electron chi connectivity index (χ1n) is 10.0. The van der Waals surface area contributed by atoms with Crippen LogP contribution in [0, 0.1) is 23.7 Å². The monoisotopic (exact) mass is 419 g/mol. The molecule has 6 heteroatoms. The molecule has 0 saturated carbocycles. The van der Waals surface area contributed by atoms with E-state index < -0.39 is 18.1 Å². The minimum Gasteiger partial charge on any atom is -0.480 e. The van der Waals surface area contributed by atoms with Gasteiger partial charge in [-0.25, -0.2) is 0 Å². The first-order chi connectivity index (χ1) is 14.0. The molecule has 0 unspecified atom stereocenters. The van der Waals surface area contributed by atoms with E-state index in [9.17, 15) is 14.7 Å². The molecule has 5 nitrogen and oxygen atoms in total. The van der Waals surface area contributed by atoms with Crippen LogP contribution in [0.25, 0.3) is 0 Å². The summed E-state index contributed by atoms with van der Waals surface area (Å²) < 4.78 is 0. The van der Waals surface area contributed by atoms with Crippen LogP contribution in [0.1, 0.15) is 58.3 Å². The molecule has 0 spiro atoms. The molecule has 0 heterocycles. The molecule has 0 fully saturated rings. The maximum Gasteiger partial charge on any atom is 0.321 e. The number of hydrogen-bond acceptors (Lipinski definition) is 5. The Morgan fingerprint density at radius 3 is 2.66 bits per heavy atom. The molecule has 0 aliphatic rings. The molecule has 160 valence electrons. The molecular weight excluding hydrogens is 386 g/mol. The molecule has 0 aliphatic carbocycles. The fraction of sp³-hybridized carbons (Fsp3) is 0.565. The number of rotatable bonds is 14. The number of unbranched alkanes of at least 4 members (excludes halogenated alkanes) is 4. The van der Waals surface area contributed by atoms with E-state index in [-0.39, 0.29) is 11.0 Å². The molecule has 0 aromatic heterocycles. The number of hydrogen-bond donors (Lipinski definition) is 3. The van der Waals surface area contributed by atoms with E-state index in [0.717, 1.165) is 19.1 Å². The van der Waals surface area contributed by atoms with Crippen molar-refractivity contribution in [2.24, 2.45) is 5.73 Å². The van der Waals surface area contributed by atoms with Crippen molar-refractivity contribution in [3.8, 4) is 23.7 Å². The van der Waals surface area contributed by atoms with Crippen LogP contribution in [0.5, 0.6) is 0 Å². The standard InChI is InChI=1S/C23H33NO4S/c1-2-3-4-5-6-7-8-9-10-11-12-13-17-22(21(26)16-14-15-18-25)29-19-20(24)23(27)28/h11-13,17-18,20-22,26H,2-5,8,14-16,19,24H2,1H3,(H,27,28)/t20-,21-,22+/m0/s1. The fourth-order valence-electron chi connectivity index (χ4n) is 2.20. The van der Waals surface area contributed by atoms with Gasteiger partial charge in [-0.2, -0.15) is 0 Å². The highest BCUT2D eigenvalue weighted by Gasteiger charge is 2.20. The molecule has 3 atom stereocenters. The fourth-order valence-corrected chi connectivity index (χ4v) is 3.33. The average molecular weight is 420 g/mol. The lowest BCUT2D eigenvalue weighted by Gasteiger charge is -2.20. The van der Waals surface area contributed by atoms with Crippen LogP contribution in [-0.2, 0) is 9.59 Å². The van der Waals surface area contributed by atoms with Gasteiger partial charge >= 0.3 is 5.97 Å². The van der Waals surface area contributed by atoms with Gasteiger partial charge in [0.05, 0.1) is 12.5 Å². The molecule has 0 aromatic rings. The Kier molecular flexibility index (Phi) is 18.0. The van der Waals surface area contributed by atoms with Crippen molar-refractivity contribution in [2.75, 3.05) is 5.75 Å². The van der Waals surface area contributed by atoms with Gasteiger partial charge in [0.1, 0.15) is 12.3 Å². The summed E-state index contributed by atoms with van der Waals surface area (Å²) in [5.41, 5.74) is 5.54. The normalized spacial score (nSPS) is 13.9. The number of aliphatic hydroxyl groups excluding tert-OH is 1. The van der Waals surface area contributed by atoms with E-state index in [1.54, 1.807) is 24.3 Å². The number of aliphatic carboxylic acids is 1. The van der Waals surface area contributed by atoms with Gasteiger partial charge in [0.2, 0.25) is 0 Å². The van der Waals surface area contributed by atoms with Crippen LogP contribution in [0.4, 0.5) is 0 Å². The van der Waals surface area contributed by atoms with Gasteiger partial charge in [-0.1, -0.05) is 55.8 Å². The number of carboxylic acid groups (broad SMARTS) is 1. The number of nitrogens with two attached hydrogens (primary N) is 1. The number of carboxylic acids is 1. The second-order valence-corrected chi connectivity index (χ2v) is 7.67. The van der Waals surface area contributed by atoms with Crippen LogP contribution in [-0.4, -0.2) is 45.6 Å². The predicted molar refractivity (Wildman–Crippen MR) is 120 cm³/mol. The van der Waals surface area contributed by atoms with Gasteiger partial charge in [0.25, 0.3) is 0 Å². The van der Waals surface area contributed by atoms with Gasteiger partial charge in [-0.3, -0.25) is 4.79 Å². The van der Waals surface area contributed by atoms with Crippen molar-refractivity contribution in [3.63, 3.8) is 0 Å². The maximum atomic E-state index is 10.9. The lowest BCUT2D eigenvalue weighted by molar-refractivity contribution is -0.137. The summed E-state index contributed by atoms with van der Waals surface area (Å²) in [6.07, 6.45) is 13.6. The van der Waals surface area contributed by atoms with Crippen LogP contribution >= 0.6 is 11.8 Å². The van der Waals surface area contributed by atoms with Crippen molar-refractivity contribution in [3.05, 3.63) is 24.3 Å². The summed E-state index contributed by atoms with van der Waals surface area (Å²) in [6.45, 7) is 2.17. The smallest absolute Gasteiger partial charge is 0.321 e. The summed E-state index contributed by atoms with van der Waals surface area (Å²) in [5, 5.41) is 18.9. The second kappa shape index (κ2) is 19.3. The Balaban J connectivity index is 4.53. The van der Waals surface area contributed by atoms with Crippen molar-refractivity contribution in [1.29, 1.82) is 0 Å². The first kappa shape index (κ1) is 27.0. The molecule has 29 heavy (non-hydrogen) atoms. The second-order valence-electron chi connectivity index (χ2n) is 6.46. The van der Waals surface area contributed by atoms with Gasteiger partial charge in [-0.15, -0.1) is 17.7 Å². The molecule has 0 aromatic carbocycles. The number of aliphatic hydroxyl groups is 1. The molecule has 0 radical (unpaired) electrons. The highest BCUT2D eigenvalue weighted by atomic mass is 32.2. The lowest BCUT2D eigenvalue weighted by atomic mass is 10.1. The zero-order chi connectivity index (χ0) is 21.7. The number of thioether (sulfide) groups is 1. The quantitative estimate of drug-likeness (QED) is 0.173. The van der Waals surface area contributed by atoms with Crippen LogP contribution < -0.4 is 5.73 Å². The zero-order valence-corrected chi connectivity index (χ0v) is 18.0. The number of carbonyl (C=O) groups excluding carboxylic acids is 1. The highest BCUT2D eigenvalue weighted by molar-refractivity contribution is 8.00. The summed E-state index contributed by atoms with van der Waals surface area (Å²) in [5.74, 6) is 11.1. The number of aldehydes is 1. The van der Waals surface area contributed by atoms with Gasteiger partial charge in [0, 0.05) is 23.8 Å². The zero-order valence-electron chi connectivity index (χ0n) is 17.2. The molecule has 0 amide bonds. The van der Waals surface area contributed by atoms with Crippen LogP contribution in [0.3, 0.4) is 0 Å². The summed E-state index contributed by atoms with van der Waals surface area (Å²) in [7, 11) is 0. The molecule has 4 N–H and O–H groups in total. The number of carbonyl (C=O) groups is 2. The minimum absolute atomic E-state index is 0.190. The van der Waals surface area contributed by atoms with Crippen molar-refractivity contribution >= 4 is 24.0 Å². The molecule has 0 aliphatic heterocycles. The summed E-state index contributed by atoms with van der Waals surface area (Å²) in [6, 6.07) is -0.984. The molecule has 0 bridgehead atoms. The first-order valence-corrected chi connectivity index (χ1v) is 11.1. The lowest BCUT2D eigenvalue weighted by Crippen LogP contribution is -2.34. The summed E-state index contributed by atoms with van der Waals surface area (Å²) in [4.78, 5) is 21.3. The SMILES string of the molecule is CCCCCC#CCC#CC=CC=C[C@@H](SC[C@H](N)C(=O)O)[C@@H](O)CCCC=O. The average Bonchev–Trinajstić information content (AvgIpc) is 2.70. The minimum atomic E-state index is -1.07. The summed E-state index contributed by atoms with van der Waals surface area (Å²) >= 11 is 1.29. The topological polar surface area (TPSA) is 101 Å². The molecule has 0 rings (SSSR count). The molecule has 0 saturated heterocycles. The van der Waals surface area contributed by atoms with Gasteiger partial charge in [-0.05, 0) is 25.3 Å². The van der Waals surface area contributed by atoms with Gasteiger partial charge < -0.3 is 20.7 Å². The van der Waals surface area contributed by atoms with Crippen LogP contribution in [0.2, 0.25) is 0 Å². The Morgan fingerprint density at radius 1 is 1.17 bits per heavy atom. The Labute approximate surface area is 179 Å². The van der Waals surface area contributed by atoms with E-state index in [2.05, 4.69) is 30.6 Å². The third-order valence-corrected chi connectivity index (χ3v) is 5.29. The third-order valence-electron chi connectivity index (χ3n) is 3.89. The van der Waals surface area contributed by atoms with Crippen LogP contribution in [0.15, 0.2) is 24.3 Å². The van der Waals surface area contributed by atoms with Gasteiger partial charge in [0.15, 0.2) is 0 Å². The van der Waals surface area contributed by atoms with Crippen molar-refractivity contribution in [2.45, 2.75) is 75.7 Å². The van der Waals surface area contributed by atoms with E-state index in [4.69, 9.17) is 10.8 Å². The molecular formula is C23H33NO4S. The highest BCUT2D eigenvalue weighted by Crippen LogP contribution is 2.21. The largest absolute Gasteiger partial charge is 0.480 e. The van der Waals surface area contributed by atoms with Crippen molar-refractivity contribution in [1.82, 2.24) is 0 Å². The Morgan fingerprint density at radius 2 is 1.97 bits per heavy atom. The Bertz CT molecular complexity index is 637. The van der Waals surface area contributed by atoms with E-state index in [1.807, 2.05) is 0 Å².